The summed E-state index contributed by atoms with van der Waals surface area (Å²) in [4.78, 5) is 15.3. The van der Waals surface area contributed by atoms with Gasteiger partial charge < -0.3 is 15.4 Å². The molecule has 0 spiro atoms. The van der Waals surface area contributed by atoms with E-state index in [1.165, 1.54) is 12.3 Å². The van der Waals surface area contributed by atoms with Crippen molar-refractivity contribution in [2.75, 3.05) is 0 Å². The van der Waals surface area contributed by atoms with Crippen molar-refractivity contribution in [3.63, 3.8) is 0 Å². The highest BCUT2D eigenvalue weighted by Crippen LogP contribution is 2.22. The number of rotatable bonds is 5. The van der Waals surface area contributed by atoms with E-state index in [2.05, 4.69) is 10.3 Å². The van der Waals surface area contributed by atoms with Gasteiger partial charge in [0.1, 0.15) is 5.82 Å². The predicted octanol–water partition coefficient (Wildman–Crippen LogP) is 3.55. The maximum atomic E-state index is 14.0. The Kier molecular flexibility index (Phi) is 4.62. The minimum Gasteiger partial charge on any atom is -0.388 e. The van der Waals surface area contributed by atoms with Gasteiger partial charge in [0.05, 0.1) is 11.7 Å². The van der Waals surface area contributed by atoms with Gasteiger partial charge >= 0.3 is 0 Å². The van der Waals surface area contributed by atoms with Crippen LogP contribution in [0.15, 0.2) is 54.7 Å². The number of hydrogen-bond donors (Lipinski definition) is 3. The molecule has 1 heterocycles. The topological polar surface area (TPSA) is 65.1 Å². The minimum atomic E-state index is -0.666. The Morgan fingerprint density at radius 1 is 1.21 bits per heavy atom. The van der Waals surface area contributed by atoms with Crippen LogP contribution in [0.3, 0.4) is 0 Å². The quantitative estimate of drug-likeness (QED) is 0.671. The maximum Gasteiger partial charge on any atom is 0.253 e. The molecule has 1 amide bonds. The highest BCUT2D eigenvalue weighted by molar-refractivity contribution is 6.07. The number of carbonyl (C=O) groups excluding carboxylic acids is 1. The Bertz CT molecular complexity index is 845. The maximum absolute atomic E-state index is 14.0. The zero-order valence-corrected chi connectivity index (χ0v) is 13.3. The summed E-state index contributed by atoms with van der Waals surface area (Å²) in [6.07, 6.45) is 1.21. The third-order valence-electron chi connectivity index (χ3n) is 4.04. The number of aliphatic hydroxyl groups is 1. The molecule has 0 saturated carbocycles. The Labute approximate surface area is 139 Å². The molecule has 2 unspecified atom stereocenters. The van der Waals surface area contributed by atoms with Gasteiger partial charge in [-0.15, -0.1) is 0 Å². The van der Waals surface area contributed by atoms with E-state index in [1.807, 2.05) is 37.3 Å². The van der Waals surface area contributed by atoms with Gasteiger partial charge in [-0.05, 0) is 31.0 Å². The summed E-state index contributed by atoms with van der Waals surface area (Å²) in [5, 5.41) is 13.3. The number of aromatic nitrogens is 1. The molecule has 0 saturated heterocycles. The molecule has 0 radical (unpaired) electrons. The molecule has 3 rings (SSSR count). The normalized spacial score (nSPS) is 13.6. The van der Waals surface area contributed by atoms with Crippen molar-refractivity contribution in [1.29, 1.82) is 0 Å². The van der Waals surface area contributed by atoms with Crippen molar-refractivity contribution in [1.82, 2.24) is 10.3 Å². The molecular formula is C19H19FN2O2. The number of fused-ring (bicyclic) bond motifs is 1. The predicted molar refractivity (Wildman–Crippen MR) is 91.2 cm³/mol. The molecule has 0 aliphatic carbocycles. The first-order chi connectivity index (χ1) is 11.6. The number of amides is 1. The Hall–Kier alpha value is -2.66. The van der Waals surface area contributed by atoms with Crippen LogP contribution < -0.4 is 5.32 Å². The lowest BCUT2D eigenvalue weighted by Crippen LogP contribution is -2.33. The van der Waals surface area contributed by atoms with E-state index in [0.29, 0.717) is 11.9 Å². The standard InChI is InChI=1S/C19H19FN2O2/c1-12(10-17(23)13-6-3-2-4-7-13)22-19(24)14-11-21-16-9-5-8-15(20)18(14)16/h2-9,11-12,17,21,23H,10H2,1H3,(H,22,24). The second kappa shape index (κ2) is 6.84. The lowest BCUT2D eigenvalue weighted by atomic mass is 10.0. The first-order valence-electron chi connectivity index (χ1n) is 7.85. The molecule has 0 bridgehead atoms. The molecule has 0 fully saturated rings. The van der Waals surface area contributed by atoms with Gasteiger partial charge in [-0.25, -0.2) is 4.39 Å². The van der Waals surface area contributed by atoms with Gasteiger partial charge in [0.15, 0.2) is 0 Å². The highest BCUT2D eigenvalue weighted by Gasteiger charge is 2.19. The Morgan fingerprint density at radius 2 is 1.96 bits per heavy atom. The second-order valence-corrected chi connectivity index (χ2v) is 5.90. The van der Waals surface area contributed by atoms with Gasteiger partial charge in [0.2, 0.25) is 0 Å². The summed E-state index contributed by atoms with van der Waals surface area (Å²) >= 11 is 0. The second-order valence-electron chi connectivity index (χ2n) is 5.90. The summed E-state index contributed by atoms with van der Waals surface area (Å²) in [5.41, 5.74) is 1.65. The molecule has 4 nitrogen and oxygen atoms in total. The van der Waals surface area contributed by atoms with Gasteiger partial charge in [0, 0.05) is 23.1 Å². The van der Waals surface area contributed by atoms with Crippen LogP contribution in [0.1, 0.15) is 35.4 Å². The smallest absolute Gasteiger partial charge is 0.253 e. The molecule has 3 aromatic rings. The van der Waals surface area contributed by atoms with E-state index < -0.39 is 11.9 Å². The van der Waals surface area contributed by atoms with Crippen molar-refractivity contribution < 1.29 is 14.3 Å². The van der Waals surface area contributed by atoms with Crippen LogP contribution >= 0.6 is 0 Å². The van der Waals surface area contributed by atoms with Crippen molar-refractivity contribution in [2.24, 2.45) is 0 Å². The van der Waals surface area contributed by atoms with Crippen LogP contribution in [0.5, 0.6) is 0 Å². The van der Waals surface area contributed by atoms with Gasteiger partial charge in [0.25, 0.3) is 5.91 Å². The fourth-order valence-electron chi connectivity index (χ4n) is 2.83. The summed E-state index contributed by atoms with van der Waals surface area (Å²) in [6.45, 7) is 1.81. The zero-order valence-electron chi connectivity index (χ0n) is 13.3. The van der Waals surface area contributed by atoms with Crippen LogP contribution in [0.25, 0.3) is 10.9 Å². The van der Waals surface area contributed by atoms with E-state index >= 15 is 0 Å². The first kappa shape index (κ1) is 16.2. The van der Waals surface area contributed by atoms with E-state index in [9.17, 15) is 14.3 Å². The van der Waals surface area contributed by atoms with Crippen molar-refractivity contribution in [2.45, 2.75) is 25.5 Å². The van der Waals surface area contributed by atoms with Crippen molar-refractivity contribution in [3.8, 4) is 0 Å². The number of benzene rings is 2. The SMILES string of the molecule is CC(CC(O)c1ccccc1)NC(=O)c1c[nH]c2cccc(F)c12. The average Bonchev–Trinajstić information content (AvgIpc) is 3.01. The summed E-state index contributed by atoms with van der Waals surface area (Å²) in [7, 11) is 0. The molecule has 2 atom stereocenters. The molecule has 2 aromatic carbocycles. The number of halogens is 1. The number of H-pyrrole nitrogens is 1. The van der Waals surface area contributed by atoms with Gasteiger partial charge in [-0.3, -0.25) is 4.79 Å². The summed E-state index contributed by atoms with van der Waals surface area (Å²) in [5.74, 6) is -0.796. The fraction of sp³-hybridized carbons (Fsp3) is 0.211. The number of nitrogens with one attached hydrogen (secondary N) is 2. The average molecular weight is 326 g/mol. The van der Waals surface area contributed by atoms with E-state index in [-0.39, 0.29) is 22.9 Å². The summed E-state index contributed by atoms with van der Waals surface area (Å²) < 4.78 is 14.0. The van der Waals surface area contributed by atoms with E-state index in [0.717, 1.165) is 5.56 Å². The molecule has 5 heteroatoms. The number of hydrogen-bond acceptors (Lipinski definition) is 2. The molecule has 3 N–H and O–H groups in total. The van der Waals surface area contributed by atoms with Crippen LogP contribution in [0.2, 0.25) is 0 Å². The van der Waals surface area contributed by atoms with Crippen LogP contribution in [0.4, 0.5) is 4.39 Å². The third kappa shape index (κ3) is 3.31. The van der Waals surface area contributed by atoms with Gasteiger partial charge in [-0.1, -0.05) is 36.4 Å². The van der Waals surface area contributed by atoms with Crippen molar-refractivity contribution in [3.05, 3.63) is 71.7 Å². The monoisotopic (exact) mass is 326 g/mol. The minimum absolute atomic E-state index is 0.260. The molecular weight excluding hydrogens is 307 g/mol. The van der Waals surface area contributed by atoms with Crippen LogP contribution in [-0.4, -0.2) is 22.0 Å². The number of aromatic amines is 1. The highest BCUT2D eigenvalue weighted by atomic mass is 19.1. The van der Waals surface area contributed by atoms with E-state index in [4.69, 9.17) is 0 Å². The molecule has 124 valence electrons. The first-order valence-corrected chi connectivity index (χ1v) is 7.85. The lowest BCUT2D eigenvalue weighted by molar-refractivity contribution is 0.0918. The molecule has 24 heavy (non-hydrogen) atoms. The van der Waals surface area contributed by atoms with E-state index in [1.54, 1.807) is 12.1 Å². The molecule has 0 aliphatic rings. The number of carbonyl (C=O) groups is 1. The largest absolute Gasteiger partial charge is 0.388 e. The summed E-state index contributed by atoms with van der Waals surface area (Å²) in [6, 6.07) is 13.7. The van der Waals surface area contributed by atoms with Crippen molar-refractivity contribution >= 4 is 16.8 Å². The lowest BCUT2D eigenvalue weighted by Gasteiger charge is -2.18. The molecule has 0 aliphatic heterocycles. The zero-order chi connectivity index (χ0) is 17.1. The number of aliphatic hydroxyl groups excluding tert-OH is 1. The van der Waals surface area contributed by atoms with Gasteiger partial charge in [-0.2, -0.15) is 0 Å². The third-order valence-corrected chi connectivity index (χ3v) is 4.04. The Morgan fingerprint density at radius 3 is 2.71 bits per heavy atom. The fourth-order valence-corrected chi connectivity index (χ4v) is 2.83. The molecule has 1 aromatic heterocycles. The Balaban J connectivity index is 1.70. The van der Waals surface area contributed by atoms with Crippen LogP contribution in [-0.2, 0) is 0 Å². The van der Waals surface area contributed by atoms with Crippen LogP contribution in [0, 0.1) is 5.82 Å².